The van der Waals surface area contributed by atoms with Crippen molar-refractivity contribution in [3.8, 4) is 17.9 Å². The molecule has 0 spiro atoms. The van der Waals surface area contributed by atoms with Crippen LogP contribution in [0.15, 0.2) is 42.6 Å². The summed E-state index contributed by atoms with van der Waals surface area (Å²) in [7, 11) is 5.45. The van der Waals surface area contributed by atoms with Crippen LogP contribution in [0, 0.1) is 23.2 Å². The number of rotatable bonds is 13. The van der Waals surface area contributed by atoms with Gasteiger partial charge in [0.1, 0.15) is 11.9 Å². The first kappa shape index (κ1) is 32.1. The molecule has 222 valence electrons. The molecule has 0 saturated carbocycles. The van der Waals surface area contributed by atoms with Gasteiger partial charge in [0, 0.05) is 57.9 Å². The summed E-state index contributed by atoms with van der Waals surface area (Å²) in [6.07, 6.45) is 7.46. The predicted octanol–water partition coefficient (Wildman–Crippen LogP) is 2.90. The van der Waals surface area contributed by atoms with Gasteiger partial charge in [-0.15, -0.1) is 0 Å². The number of nitrogens with zero attached hydrogens (tertiary/aromatic N) is 5. The van der Waals surface area contributed by atoms with Crippen LogP contribution in [0.4, 0.5) is 17.5 Å². The van der Waals surface area contributed by atoms with E-state index in [9.17, 15) is 9.59 Å². The van der Waals surface area contributed by atoms with E-state index in [1.807, 2.05) is 19.0 Å². The number of amides is 2. The molecular weight excluding hydrogens is 532 g/mol. The first-order valence-electron chi connectivity index (χ1n) is 14.1. The molecule has 1 aromatic heterocycles. The van der Waals surface area contributed by atoms with Crippen LogP contribution in [-0.4, -0.2) is 91.1 Å². The number of unbranched alkanes of at least 4 members (excludes halogenated alkanes) is 1. The number of ether oxygens (including phenoxy) is 1. The fourth-order valence-corrected chi connectivity index (χ4v) is 4.25. The van der Waals surface area contributed by atoms with Gasteiger partial charge in [0.2, 0.25) is 17.8 Å². The van der Waals surface area contributed by atoms with Crippen LogP contribution in [0.25, 0.3) is 0 Å². The van der Waals surface area contributed by atoms with Gasteiger partial charge < -0.3 is 30.5 Å². The number of likely N-dealkylation sites (N-methyl/N-ethyl adjacent to an activating group) is 1. The highest BCUT2D eigenvalue weighted by Gasteiger charge is 2.38. The lowest BCUT2D eigenvalue weighted by Gasteiger charge is -2.22. The first-order chi connectivity index (χ1) is 20.3. The zero-order valence-electron chi connectivity index (χ0n) is 24.8. The van der Waals surface area contributed by atoms with Gasteiger partial charge in [0.25, 0.3) is 0 Å². The van der Waals surface area contributed by atoms with E-state index in [0.29, 0.717) is 61.8 Å². The van der Waals surface area contributed by atoms with Crippen LogP contribution in [0.3, 0.4) is 0 Å². The van der Waals surface area contributed by atoms with Gasteiger partial charge in [-0.25, -0.2) is 4.98 Å². The van der Waals surface area contributed by atoms with E-state index in [1.54, 1.807) is 48.5 Å². The summed E-state index contributed by atoms with van der Waals surface area (Å²) in [5, 5.41) is 18.4. The Morgan fingerprint density at radius 2 is 2.02 bits per heavy atom. The van der Waals surface area contributed by atoms with Gasteiger partial charge in [0.05, 0.1) is 29.5 Å². The normalized spacial score (nSPS) is 16.1. The number of carbonyl (C=O) groups excluding carboxylic acids is 2. The third kappa shape index (κ3) is 9.88. The Morgan fingerprint density at radius 1 is 1.24 bits per heavy atom. The average molecular weight is 573 g/mol. The molecule has 11 nitrogen and oxygen atoms in total. The number of carbonyl (C=O) groups is 2. The molecule has 2 aromatic rings. The summed E-state index contributed by atoms with van der Waals surface area (Å²) < 4.78 is 5.44. The van der Waals surface area contributed by atoms with Crippen molar-refractivity contribution in [3.63, 3.8) is 0 Å². The molecule has 2 amide bonds. The summed E-state index contributed by atoms with van der Waals surface area (Å²) in [6.45, 7) is 4.30. The number of hydrogen-bond acceptors (Lipinski definition) is 9. The number of likely N-dealkylation sites (tertiary alicyclic amines) is 1. The largest absolute Gasteiger partial charge is 0.380 e. The average Bonchev–Trinajstić information content (AvgIpc) is 3.43. The number of nitriles is 1. The van der Waals surface area contributed by atoms with Crippen molar-refractivity contribution in [1.29, 1.82) is 5.26 Å². The number of methoxy groups -OCH3 is 1. The Kier molecular flexibility index (Phi) is 12.8. The van der Waals surface area contributed by atoms with E-state index in [4.69, 9.17) is 10.00 Å². The topological polar surface area (TPSA) is 136 Å². The molecule has 0 bridgehead atoms. The lowest BCUT2D eigenvalue weighted by Crippen LogP contribution is -2.45. The van der Waals surface area contributed by atoms with Crippen molar-refractivity contribution in [2.24, 2.45) is 0 Å². The van der Waals surface area contributed by atoms with Gasteiger partial charge in [0.15, 0.2) is 0 Å². The summed E-state index contributed by atoms with van der Waals surface area (Å²) in [5.74, 6) is 6.99. The third-order valence-corrected chi connectivity index (χ3v) is 6.51. The van der Waals surface area contributed by atoms with Gasteiger partial charge >= 0.3 is 0 Å². The number of hydrogen-bond donors (Lipinski definition) is 3. The maximum absolute atomic E-state index is 12.9. The van der Waals surface area contributed by atoms with Crippen molar-refractivity contribution >= 4 is 29.3 Å². The maximum Gasteiger partial charge on any atom is 0.247 e. The summed E-state index contributed by atoms with van der Waals surface area (Å²) in [5.41, 5.74) is 2.04. The molecule has 0 unspecified atom stereocenters. The lowest BCUT2D eigenvalue weighted by molar-refractivity contribution is -0.135. The van der Waals surface area contributed by atoms with Crippen molar-refractivity contribution in [2.45, 2.75) is 44.8 Å². The second kappa shape index (κ2) is 16.7. The Labute approximate surface area is 248 Å². The highest BCUT2D eigenvalue weighted by atomic mass is 16.5. The molecule has 1 saturated heterocycles. The van der Waals surface area contributed by atoms with E-state index < -0.39 is 6.04 Å². The van der Waals surface area contributed by atoms with Crippen molar-refractivity contribution in [3.05, 3.63) is 53.7 Å². The maximum atomic E-state index is 12.9. The SMILES string of the molecule is CCCNc1nc(Nc2ccc(C#N)cc2)ncc1C#CCCCNC(=O)[C@@H]1C[C@@H](OC)CN1C(=O)C=CCN(C)C. The first-order valence-corrected chi connectivity index (χ1v) is 14.1. The zero-order valence-corrected chi connectivity index (χ0v) is 24.8. The molecule has 11 heteroatoms. The fraction of sp³-hybridized carbons (Fsp3) is 0.452. The molecule has 1 fully saturated rings. The van der Waals surface area contributed by atoms with Crippen LogP contribution in [0.5, 0.6) is 0 Å². The standard InChI is InChI=1S/C31H40N8O3/c1-5-16-33-29-24(21-35-31(37-29)36-25-14-12-23(20-32)13-15-25)10-7-6-8-17-34-30(41)27-19-26(42-4)22-39(27)28(40)11-9-18-38(2)3/h9,11-15,21,26-27H,5-6,8,16-19,22H2,1-4H3,(H,34,41)(H2,33,35,36,37)/t26-,27+/m1/s1. The molecule has 3 N–H and O–H groups in total. The molecule has 0 aliphatic carbocycles. The number of aromatic nitrogens is 2. The van der Waals surface area contributed by atoms with Gasteiger partial charge in [-0.2, -0.15) is 10.2 Å². The predicted molar refractivity (Wildman–Crippen MR) is 163 cm³/mol. The van der Waals surface area contributed by atoms with Gasteiger partial charge in [-0.05, 0) is 51.2 Å². The lowest BCUT2D eigenvalue weighted by atomic mass is 10.1. The molecule has 2 atom stereocenters. The van der Waals surface area contributed by atoms with E-state index >= 15 is 0 Å². The molecule has 42 heavy (non-hydrogen) atoms. The number of anilines is 3. The molecule has 1 aliphatic heterocycles. The zero-order chi connectivity index (χ0) is 30.3. The van der Waals surface area contributed by atoms with Crippen LogP contribution >= 0.6 is 0 Å². The second-order valence-electron chi connectivity index (χ2n) is 10.2. The molecular formula is C31H40N8O3. The third-order valence-electron chi connectivity index (χ3n) is 6.51. The smallest absolute Gasteiger partial charge is 0.247 e. The minimum absolute atomic E-state index is 0.166. The quantitative estimate of drug-likeness (QED) is 0.188. The van der Waals surface area contributed by atoms with Crippen LogP contribution in [0.1, 0.15) is 43.7 Å². The Balaban J connectivity index is 1.53. The Hall–Kier alpha value is -4.45. The second-order valence-corrected chi connectivity index (χ2v) is 10.2. The highest BCUT2D eigenvalue weighted by Crippen LogP contribution is 2.21. The van der Waals surface area contributed by atoms with Crippen LogP contribution in [0.2, 0.25) is 0 Å². The van der Waals surface area contributed by atoms with E-state index in [1.165, 1.54) is 6.08 Å². The van der Waals surface area contributed by atoms with Gasteiger partial charge in [-0.3, -0.25) is 9.59 Å². The summed E-state index contributed by atoms with van der Waals surface area (Å²) in [4.78, 5) is 38.2. The number of nitrogens with one attached hydrogen (secondary N) is 3. The molecule has 1 aliphatic rings. The van der Waals surface area contributed by atoms with E-state index in [0.717, 1.165) is 18.7 Å². The van der Waals surface area contributed by atoms with Gasteiger partial charge in [-0.1, -0.05) is 24.8 Å². The minimum Gasteiger partial charge on any atom is -0.380 e. The molecule has 0 radical (unpaired) electrons. The van der Waals surface area contributed by atoms with E-state index in [-0.39, 0.29) is 17.9 Å². The van der Waals surface area contributed by atoms with Crippen molar-refractivity contribution in [2.75, 3.05) is 58.0 Å². The van der Waals surface area contributed by atoms with Crippen LogP contribution < -0.4 is 16.0 Å². The highest BCUT2D eigenvalue weighted by molar-refractivity contribution is 5.93. The molecule has 3 rings (SSSR count). The Morgan fingerprint density at radius 3 is 2.71 bits per heavy atom. The summed E-state index contributed by atoms with van der Waals surface area (Å²) >= 11 is 0. The van der Waals surface area contributed by atoms with E-state index in [2.05, 4.69) is 50.8 Å². The van der Waals surface area contributed by atoms with Crippen molar-refractivity contribution < 1.29 is 14.3 Å². The minimum atomic E-state index is -0.557. The molecule has 1 aromatic carbocycles. The fourth-order valence-electron chi connectivity index (χ4n) is 4.25. The van der Waals surface area contributed by atoms with Crippen LogP contribution in [-0.2, 0) is 14.3 Å². The summed E-state index contributed by atoms with van der Waals surface area (Å²) in [6, 6.07) is 8.60. The molecule has 2 heterocycles. The Bertz CT molecular complexity index is 1320. The number of benzene rings is 1. The van der Waals surface area contributed by atoms with Crippen molar-refractivity contribution in [1.82, 2.24) is 25.1 Å². The monoisotopic (exact) mass is 572 g/mol.